The first-order chi connectivity index (χ1) is 18.2. The number of aromatic nitrogens is 1. The minimum atomic E-state index is -0.257. The van der Waals surface area contributed by atoms with Gasteiger partial charge < -0.3 is 20.4 Å². The van der Waals surface area contributed by atoms with Gasteiger partial charge in [-0.3, -0.25) is 9.98 Å². The number of piperazine rings is 1. The Balaban J connectivity index is 0.00000127. The Morgan fingerprint density at radius 3 is 2.50 bits per heavy atom. The van der Waals surface area contributed by atoms with E-state index in [4.69, 9.17) is 10.7 Å². The molecule has 204 valence electrons. The number of fused-ring (bicyclic) bond motifs is 1. The summed E-state index contributed by atoms with van der Waals surface area (Å²) in [6.07, 6.45) is 9.24. The molecule has 1 unspecified atom stereocenters. The van der Waals surface area contributed by atoms with E-state index in [2.05, 4.69) is 93.1 Å². The highest BCUT2D eigenvalue weighted by Crippen LogP contribution is 2.25. The van der Waals surface area contributed by atoms with Crippen molar-refractivity contribution in [2.75, 3.05) is 39.8 Å². The van der Waals surface area contributed by atoms with Gasteiger partial charge in [-0.2, -0.15) is 0 Å². The molecule has 1 atom stereocenters. The first kappa shape index (κ1) is 29.8. The number of pyridine rings is 1. The molecule has 4 rings (SSSR count). The van der Waals surface area contributed by atoms with E-state index in [1.54, 1.807) is 6.08 Å². The van der Waals surface area contributed by atoms with Gasteiger partial charge in [0.05, 0.1) is 11.9 Å². The highest BCUT2D eigenvalue weighted by Gasteiger charge is 2.20. The molecule has 1 fully saturated rings. The van der Waals surface area contributed by atoms with Gasteiger partial charge in [-0.05, 0) is 85.1 Å². The van der Waals surface area contributed by atoms with Crippen LogP contribution in [0.2, 0.25) is 0 Å². The predicted molar refractivity (Wildman–Crippen MR) is 164 cm³/mol. The fraction of sp³-hybridized carbons (Fsp3) is 0.419. The molecule has 7 heteroatoms. The Morgan fingerprint density at radius 2 is 1.84 bits per heavy atom. The molecule has 2 N–H and O–H groups in total. The lowest BCUT2D eigenvalue weighted by Gasteiger charge is -2.34. The molecule has 1 aromatic heterocycles. The molecule has 1 aromatic carbocycles. The molecular weight excluding hydrogens is 536 g/mol. The number of allylic oxidation sites excluding steroid dienone is 4. The summed E-state index contributed by atoms with van der Waals surface area (Å²) in [6.45, 7) is 19.8. The van der Waals surface area contributed by atoms with E-state index in [9.17, 15) is 0 Å². The summed E-state index contributed by atoms with van der Waals surface area (Å²) in [4.78, 5) is 16.3. The van der Waals surface area contributed by atoms with Crippen LogP contribution in [0, 0.1) is 0 Å². The number of benzene rings is 1. The van der Waals surface area contributed by atoms with Crippen molar-refractivity contribution in [1.29, 1.82) is 0 Å². The van der Waals surface area contributed by atoms with E-state index < -0.39 is 0 Å². The van der Waals surface area contributed by atoms with Crippen molar-refractivity contribution < 1.29 is 0 Å². The topological polar surface area (TPSA) is 61.0 Å². The van der Waals surface area contributed by atoms with Gasteiger partial charge in [0.1, 0.15) is 0 Å². The highest BCUT2D eigenvalue weighted by molar-refractivity contribution is 9.10. The summed E-state index contributed by atoms with van der Waals surface area (Å²) in [5, 5.41) is 0. The van der Waals surface area contributed by atoms with Crippen LogP contribution in [0.1, 0.15) is 43.0 Å². The van der Waals surface area contributed by atoms with E-state index in [0.717, 1.165) is 73.6 Å². The van der Waals surface area contributed by atoms with Crippen molar-refractivity contribution in [3.8, 4) is 0 Å². The largest absolute Gasteiger partial charge is 0.372 e. The zero-order valence-corrected chi connectivity index (χ0v) is 25.0. The van der Waals surface area contributed by atoms with Crippen molar-refractivity contribution in [3.63, 3.8) is 0 Å². The van der Waals surface area contributed by atoms with Crippen molar-refractivity contribution in [1.82, 2.24) is 19.7 Å². The van der Waals surface area contributed by atoms with Gasteiger partial charge in [0.2, 0.25) is 0 Å². The maximum atomic E-state index is 6.12. The van der Waals surface area contributed by atoms with Crippen molar-refractivity contribution in [2.24, 2.45) is 10.7 Å². The van der Waals surface area contributed by atoms with E-state index >= 15 is 0 Å². The van der Waals surface area contributed by atoms with E-state index in [-0.39, 0.29) is 6.17 Å². The molecule has 0 radical (unpaired) electrons. The molecule has 1 saturated heterocycles. The maximum absolute atomic E-state index is 6.12. The van der Waals surface area contributed by atoms with Crippen LogP contribution in [0.3, 0.4) is 0 Å². The zero-order chi connectivity index (χ0) is 27.7. The number of hydrogen-bond acceptors (Lipinski definition) is 6. The van der Waals surface area contributed by atoms with Crippen LogP contribution < -0.4 is 5.73 Å². The zero-order valence-electron chi connectivity index (χ0n) is 23.5. The molecule has 38 heavy (non-hydrogen) atoms. The number of hydrogen-bond donors (Lipinski definition) is 1. The number of nitrogens with two attached hydrogens (primary N) is 1. The highest BCUT2D eigenvalue weighted by atomic mass is 79.9. The Bertz CT molecular complexity index is 1160. The average molecular weight is 580 g/mol. The number of aliphatic imine (C=N–C) groups is 1. The van der Waals surface area contributed by atoms with Gasteiger partial charge in [0.25, 0.3) is 0 Å². The van der Waals surface area contributed by atoms with Gasteiger partial charge >= 0.3 is 0 Å². The number of likely N-dealkylation sites (N-methyl/N-ethyl adjacent to an activating group) is 1. The summed E-state index contributed by atoms with van der Waals surface area (Å²) in [5.74, 6) is 0. The molecule has 3 heterocycles. The van der Waals surface area contributed by atoms with E-state index in [1.807, 2.05) is 26.2 Å². The van der Waals surface area contributed by atoms with Crippen molar-refractivity contribution in [2.45, 2.75) is 46.3 Å². The molecule has 2 aromatic rings. The fourth-order valence-electron chi connectivity index (χ4n) is 4.75. The molecule has 2 aliphatic heterocycles. The molecule has 0 saturated carbocycles. The Kier molecular flexibility index (Phi) is 11.3. The fourth-order valence-corrected chi connectivity index (χ4v) is 5.16. The molecule has 6 nitrogen and oxygen atoms in total. The first-order valence-corrected chi connectivity index (χ1v) is 14.2. The van der Waals surface area contributed by atoms with Crippen LogP contribution in [-0.4, -0.2) is 71.3 Å². The quantitative estimate of drug-likeness (QED) is 0.352. The predicted octanol–water partition coefficient (Wildman–Crippen LogP) is 5.40. The standard InChI is InChI=1S/C28H37BrN6.C3H6/c1-20(13-23-15-27(29)18-31-17-23)35-8-7-24-5-6-25(16-26(24)19-35)28(32-22(3)30)14-21(2)34-11-9-33(4)10-12-34;1-3-2/h5-6,14-18,22H,1,7-13,19,30H2,2-4H3;3H,1H2,2H3/b21-14+,32-28+;. The summed E-state index contributed by atoms with van der Waals surface area (Å²) >= 11 is 3.52. The van der Waals surface area contributed by atoms with Gasteiger partial charge in [-0.15, -0.1) is 6.58 Å². The van der Waals surface area contributed by atoms with Crippen LogP contribution in [-0.2, 0) is 19.4 Å². The molecule has 0 bridgehead atoms. The summed E-state index contributed by atoms with van der Waals surface area (Å²) in [7, 11) is 2.18. The molecule has 0 spiro atoms. The monoisotopic (exact) mass is 578 g/mol. The first-order valence-electron chi connectivity index (χ1n) is 13.4. The third-order valence-electron chi connectivity index (χ3n) is 6.82. The van der Waals surface area contributed by atoms with Crippen LogP contribution in [0.25, 0.3) is 0 Å². The Morgan fingerprint density at radius 1 is 1.13 bits per heavy atom. The van der Waals surface area contributed by atoms with Crippen LogP contribution in [0.15, 0.2) is 82.8 Å². The van der Waals surface area contributed by atoms with Gasteiger partial charge in [-0.25, -0.2) is 0 Å². The smallest absolute Gasteiger partial charge is 0.0948 e. The van der Waals surface area contributed by atoms with Gasteiger partial charge in [0.15, 0.2) is 0 Å². The molecule has 2 aliphatic rings. The summed E-state index contributed by atoms with van der Waals surface area (Å²) in [5.41, 5.74) is 14.5. The second-order valence-electron chi connectivity index (χ2n) is 10.1. The summed E-state index contributed by atoms with van der Waals surface area (Å²) < 4.78 is 0.998. The van der Waals surface area contributed by atoms with Gasteiger partial charge in [-0.1, -0.05) is 24.8 Å². The number of nitrogens with zero attached hydrogens (tertiary/aromatic N) is 5. The minimum absolute atomic E-state index is 0.257. The average Bonchev–Trinajstić information content (AvgIpc) is 2.88. The lowest BCUT2D eigenvalue weighted by molar-refractivity contribution is 0.187. The van der Waals surface area contributed by atoms with E-state index in [0.29, 0.717) is 0 Å². The van der Waals surface area contributed by atoms with Crippen molar-refractivity contribution in [3.05, 3.63) is 100 Å². The summed E-state index contributed by atoms with van der Waals surface area (Å²) in [6, 6.07) is 8.87. The molecule has 0 amide bonds. The SMILES string of the molecule is C=C(Cc1cncc(Br)c1)N1CCc2ccc(C(/C=C(\C)N3CCN(C)CC3)=N/C(C)N)cc2C1.C=CC. The van der Waals surface area contributed by atoms with E-state index in [1.165, 1.54) is 22.4 Å². The van der Waals surface area contributed by atoms with Crippen molar-refractivity contribution >= 4 is 21.6 Å². The molecule has 0 aliphatic carbocycles. The third kappa shape index (κ3) is 8.65. The lowest BCUT2D eigenvalue weighted by Crippen LogP contribution is -2.43. The number of halogens is 1. The van der Waals surface area contributed by atoms with Gasteiger partial charge in [0, 0.05) is 79.5 Å². The number of rotatable bonds is 7. The lowest BCUT2D eigenvalue weighted by atomic mass is 9.94. The second-order valence-corrected chi connectivity index (χ2v) is 11.1. The van der Waals surface area contributed by atoms with Crippen LogP contribution >= 0.6 is 15.9 Å². The maximum Gasteiger partial charge on any atom is 0.0948 e. The van der Waals surface area contributed by atoms with Crippen LogP contribution in [0.5, 0.6) is 0 Å². The van der Waals surface area contributed by atoms with Crippen LogP contribution in [0.4, 0.5) is 0 Å². The Labute approximate surface area is 237 Å². The minimum Gasteiger partial charge on any atom is -0.372 e. The Hall–Kier alpha value is -2.74. The third-order valence-corrected chi connectivity index (χ3v) is 7.26. The normalized spacial score (nSPS) is 17.3. The molecular formula is C31H43BrN6. The second kappa shape index (κ2) is 14.4.